The molecule has 0 spiro atoms. The lowest BCUT2D eigenvalue weighted by Crippen LogP contribution is -2.34. The molecule has 90 valence electrons. The summed E-state index contributed by atoms with van der Waals surface area (Å²) in [4.78, 5) is 0. The second-order valence-corrected chi connectivity index (χ2v) is 5.51. The van der Waals surface area contributed by atoms with Gasteiger partial charge in [-0.05, 0) is 51.3 Å². The first-order valence-corrected chi connectivity index (χ1v) is 5.97. The van der Waals surface area contributed by atoms with Crippen molar-refractivity contribution in [2.24, 2.45) is 5.73 Å². The van der Waals surface area contributed by atoms with Crippen LogP contribution in [0, 0.1) is 13.8 Å². The highest BCUT2D eigenvalue weighted by atomic mass is 35.5. The molecule has 0 atom stereocenters. The Morgan fingerprint density at radius 1 is 1.31 bits per heavy atom. The highest BCUT2D eigenvalue weighted by molar-refractivity contribution is 6.33. The van der Waals surface area contributed by atoms with Gasteiger partial charge >= 0.3 is 0 Å². The molecule has 2 nitrogen and oxygen atoms in total. The Balaban J connectivity index is 2.68. The summed E-state index contributed by atoms with van der Waals surface area (Å²) >= 11 is 6.19. The summed E-state index contributed by atoms with van der Waals surface area (Å²) in [6.07, 6.45) is 0.913. The third kappa shape index (κ3) is 4.03. The Hall–Kier alpha value is -0.730. The number of rotatable bonds is 4. The summed E-state index contributed by atoms with van der Waals surface area (Å²) in [6.45, 7) is 9.00. The molecule has 1 aromatic rings. The first-order valence-electron chi connectivity index (χ1n) is 5.59. The lowest BCUT2D eigenvalue weighted by atomic mass is 10.0. The summed E-state index contributed by atoms with van der Waals surface area (Å²) in [5.41, 5.74) is 9.18. The molecule has 0 bridgehead atoms. The van der Waals surface area contributed by atoms with Gasteiger partial charge in [-0.3, -0.25) is 0 Å². The number of benzene rings is 1. The number of anilines is 1. The molecular weight excluding hydrogens is 220 g/mol. The lowest BCUT2D eigenvalue weighted by Gasteiger charge is -2.20. The minimum atomic E-state index is -0.141. The fourth-order valence-electron chi connectivity index (χ4n) is 1.65. The summed E-state index contributed by atoms with van der Waals surface area (Å²) in [5, 5.41) is 4.14. The number of nitrogens with one attached hydrogen (secondary N) is 1. The Morgan fingerprint density at radius 3 is 2.44 bits per heavy atom. The van der Waals surface area contributed by atoms with Crippen molar-refractivity contribution in [2.75, 3.05) is 11.9 Å². The third-order valence-electron chi connectivity index (χ3n) is 2.50. The molecule has 0 radical (unpaired) electrons. The van der Waals surface area contributed by atoms with Gasteiger partial charge in [0.1, 0.15) is 0 Å². The van der Waals surface area contributed by atoms with E-state index in [0.29, 0.717) is 0 Å². The average Bonchev–Trinajstić information content (AvgIpc) is 2.07. The van der Waals surface area contributed by atoms with E-state index in [2.05, 4.69) is 18.3 Å². The van der Waals surface area contributed by atoms with Crippen LogP contribution in [-0.2, 0) is 0 Å². The van der Waals surface area contributed by atoms with E-state index >= 15 is 0 Å². The number of halogens is 1. The monoisotopic (exact) mass is 240 g/mol. The lowest BCUT2D eigenvalue weighted by molar-refractivity contribution is 0.491. The van der Waals surface area contributed by atoms with Crippen molar-refractivity contribution in [3.63, 3.8) is 0 Å². The van der Waals surface area contributed by atoms with Gasteiger partial charge in [-0.25, -0.2) is 0 Å². The van der Waals surface area contributed by atoms with Crippen LogP contribution in [0.2, 0.25) is 5.02 Å². The van der Waals surface area contributed by atoms with Crippen LogP contribution in [0.15, 0.2) is 12.1 Å². The zero-order chi connectivity index (χ0) is 12.3. The molecule has 0 saturated heterocycles. The zero-order valence-corrected chi connectivity index (χ0v) is 11.3. The van der Waals surface area contributed by atoms with Crippen molar-refractivity contribution in [3.8, 4) is 0 Å². The molecule has 0 amide bonds. The highest BCUT2D eigenvalue weighted by Gasteiger charge is 2.11. The summed E-state index contributed by atoms with van der Waals surface area (Å²) in [5.74, 6) is 0. The molecule has 3 N–H and O–H groups in total. The maximum atomic E-state index is 6.19. The van der Waals surface area contributed by atoms with Gasteiger partial charge in [0.15, 0.2) is 0 Å². The largest absolute Gasteiger partial charge is 0.384 e. The maximum Gasteiger partial charge on any atom is 0.0642 e. The molecule has 0 aliphatic rings. The SMILES string of the molecule is Cc1cc(C)c(NCCC(C)(C)N)c(Cl)c1. The topological polar surface area (TPSA) is 38.0 Å². The van der Waals surface area contributed by atoms with Crippen LogP contribution >= 0.6 is 11.6 Å². The summed E-state index contributed by atoms with van der Waals surface area (Å²) < 4.78 is 0. The molecule has 16 heavy (non-hydrogen) atoms. The maximum absolute atomic E-state index is 6.19. The Morgan fingerprint density at radius 2 is 1.94 bits per heavy atom. The van der Waals surface area contributed by atoms with Crippen molar-refractivity contribution < 1.29 is 0 Å². The number of hydrogen-bond donors (Lipinski definition) is 2. The van der Waals surface area contributed by atoms with Gasteiger partial charge in [0.25, 0.3) is 0 Å². The molecule has 0 heterocycles. The second kappa shape index (κ2) is 5.07. The van der Waals surface area contributed by atoms with Crippen LogP contribution in [0.3, 0.4) is 0 Å². The van der Waals surface area contributed by atoms with Crippen molar-refractivity contribution in [2.45, 2.75) is 39.7 Å². The van der Waals surface area contributed by atoms with Crippen LogP contribution in [0.1, 0.15) is 31.4 Å². The predicted octanol–water partition coefficient (Wildman–Crippen LogP) is 3.50. The van der Waals surface area contributed by atoms with Crippen molar-refractivity contribution >= 4 is 17.3 Å². The van der Waals surface area contributed by atoms with E-state index in [1.54, 1.807) is 0 Å². The van der Waals surface area contributed by atoms with E-state index in [9.17, 15) is 0 Å². The van der Waals surface area contributed by atoms with E-state index in [0.717, 1.165) is 23.7 Å². The smallest absolute Gasteiger partial charge is 0.0642 e. The standard InChI is InChI=1S/C13H21ClN2/c1-9-7-10(2)12(11(14)8-9)16-6-5-13(3,4)15/h7-8,16H,5-6,15H2,1-4H3. The molecule has 0 aliphatic heterocycles. The quantitative estimate of drug-likeness (QED) is 0.846. The van der Waals surface area contributed by atoms with Crippen molar-refractivity contribution in [1.82, 2.24) is 0 Å². The molecule has 0 aliphatic carbocycles. The van der Waals surface area contributed by atoms with Crippen LogP contribution in [0.4, 0.5) is 5.69 Å². The highest BCUT2D eigenvalue weighted by Crippen LogP contribution is 2.27. The minimum Gasteiger partial charge on any atom is -0.384 e. The van der Waals surface area contributed by atoms with Gasteiger partial charge in [-0.15, -0.1) is 0 Å². The molecule has 0 saturated carbocycles. The molecule has 1 rings (SSSR count). The first-order chi connectivity index (χ1) is 7.29. The summed E-state index contributed by atoms with van der Waals surface area (Å²) in [7, 11) is 0. The fourth-order valence-corrected chi connectivity index (χ4v) is 2.04. The van der Waals surface area contributed by atoms with E-state index in [1.165, 1.54) is 11.1 Å². The van der Waals surface area contributed by atoms with Crippen LogP contribution in [0.25, 0.3) is 0 Å². The first kappa shape index (κ1) is 13.3. The number of hydrogen-bond acceptors (Lipinski definition) is 2. The number of aryl methyl sites for hydroxylation is 2. The molecule has 0 fully saturated rings. The van der Waals surface area contributed by atoms with Crippen LogP contribution < -0.4 is 11.1 Å². The molecule has 3 heteroatoms. The average molecular weight is 241 g/mol. The van der Waals surface area contributed by atoms with Crippen molar-refractivity contribution in [3.05, 3.63) is 28.3 Å². The van der Waals surface area contributed by atoms with Gasteiger partial charge in [-0.2, -0.15) is 0 Å². The van der Waals surface area contributed by atoms with E-state index in [4.69, 9.17) is 17.3 Å². The Kier molecular flexibility index (Phi) is 4.22. The van der Waals surface area contributed by atoms with Crippen molar-refractivity contribution in [1.29, 1.82) is 0 Å². The van der Waals surface area contributed by atoms with Gasteiger partial charge in [0.05, 0.1) is 10.7 Å². The van der Waals surface area contributed by atoms with E-state index in [-0.39, 0.29) is 5.54 Å². The van der Waals surface area contributed by atoms with Gasteiger partial charge in [0.2, 0.25) is 0 Å². The molecule has 0 aromatic heterocycles. The normalized spacial score (nSPS) is 11.6. The van der Waals surface area contributed by atoms with Crippen LogP contribution in [-0.4, -0.2) is 12.1 Å². The summed E-state index contributed by atoms with van der Waals surface area (Å²) in [6, 6.07) is 4.10. The predicted molar refractivity (Wildman–Crippen MR) is 72.3 cm³/mol. The second-order valence-electron chi connectivity index (χ2n) is 5.10. The van der Waals surface area contributed by atoms with E-state index in [1.807, 2.05) is 26.8 Å². The minimum absolute atomic E-state index is 0.141. The Bertz CT molecular complexity index is 344. The Labute approximate surface area is 103 Å². The number of nitrogens with two attached hydrogens (primary N) is 1. The van der Waals surface area contributed by atoms with Crippen LogP contribution in [0.5, 0.6) is 0 Å². The van der Waals surface area contributed by atoms with Gasteiger partial charge < -0.3 is 11.1 Å². The van der Waals surface area contributed by atoms with E-state index < -0.39 is 0 Å². The molecular formula is C13H21ClN2. The third-order valence-corrected chi connectivity index (χ3v) is 2.80. The van der Waals surface area contributed by atoms with Gasteiger partial charge in [-0.1, -0.05) is 17.7 Å². The zero-order valence-electron chi connectivity index (χ0n) is 10.5. The molecule has 1 aromatic carbocycles. The van der Waals surface area contributed by atoms with Gasteiger partial charge in [0, 0.05) is 12.1 Å². The molecule has 0 unspecified atom stereocenters. The fraction of sp³-hybridized carbons (Fsp3) is 0.538.